The number of likely N-dealkylation sites (tertiary alicyclic amines) is 1. The van der Waals surface area contributed by atoms with Crippen LogP contribution in [-0.2, 0) is 9.47 Å². The molecular weight excluding hydrogens is 431 g/mol. The third kappa shape index (κ3) is 8.88. The largest absolute Gasteiger partial charge is 0.379 e. The third-order valence-electron chi connectivity index (χ3n) is 4.68. The van der Waals surface area contributed by atoms with E-state index in [1.165, 1.54) is 25.9 Å². The van der Waals surface area contributed by atoms with Crippen LogP contribution in [0.25, 0.3) is 0 Å². The Kier molecular flexibility index (Phi) is 12.0. The number of nitrogens with zero attached hydrogens (tertiary/aromatic N) is 2. The van der Waals surface area contributed by atoms with Crippen LogP contribution in [0.1, 0.15) is 39.5 Å². The summed E-state index contributed by atoms with van der Waals surface area (Å²) in [5.41, 5.74) is 0. The van der Waals surface area contributed by atoms with Crippen molar-refractivity contribution in [3.05, 3.63) is 0 Å². The maximum absolute atomic E-state index is 5.78. The molecule has 0 saturated carbocycles. The van der Waals surface area contributed by atoms with Gasteiger partial charge < -0.3 is 20.1 Å². The topological polar surface area (TPSA) is 58.1 Å². The van der Waals surface area contributed by atoms with Crippen molar-refractivity contribution in [3.63, 3.8) is 0 Å². The van der Waals surface area contributed by atoms with Crippen LogP contribution in [0, 0.1) is 5.92 Å². The van der Waals surface area contributed by atoms with Gasteiger partial charge in [0.2, 0.25) is 0 Å². The summed E-state index contributed by atoms with van der Waals surface area (Å²) in [7, 11) is 1.84. The molecule has 2 aliphatic heterocycles. The summed E-state index contributed by atoms with van der Waals surface area (Å²) in [5.74, 6) is 1.63. The molecule has 0 aromatic heterocycles. The quantitative estimate of drug-likeness (QED) is 0.235. The maximum Gasteiger partial charge on any atom is 0.191 e. The molecular formula is C18H37IN4O2. The van der Waals surface area contributed by atoms with Gasteiger partial charge >= 0.3 is 0 Å². The number of hydrogen-bond donors (Lipinski definition) is 2. The Balaban J connectivity index is 0.00000312. The van der Waals surface area contributed by atoms with Crippen LogP contribution >= 0.6 is 24.0 Å². The summed E-state index contributed by atoms with van der Waals surface area (Å²) in [6.07, 6.45) is 4.92. The minimum atomic E-state index is 0. The fourth-order valence-corrected chi connectivity index (χ4v) is 3.44. The predicted molar refractivity (Wildman–Crippen MR) is 114 cm³/mol. The smallest absolute Gasteiger partial charge is 0.191 e. The standard InChI is InChI=1S/C18H36N4O2.HI/c1-15(2)13-22-9-4-6-16(22)12-21-18(19-3)20-8-5-10-24-17-7-11-23-14-17;/h15-17H,4-14H2,1-3H3,(H2,19,20,21);1H/t16-,17?;/m1./s1. The summed E-state index contributed by atoms with van der Waals surface area (Å²) in [6, 6.07) is 0.636. The van der Waals surface area contributed by atoms with Gasteiger partial charge in [0.15, 0.2) is 5.96 Å². The molecule has 2 rings (SSSR count). The average molecular weight is 468 g/mol. The van der Waals surface area contributed by atoms with Gasteiger partial charge in [-0.3, -0.25) is 9.89 Å². The minimum Gasteiger partial charge on any atom is -0.379 e. The monoisotopic (exact) mass is 468 g/mol. The zero-order valence-electron chi connectivity index (χ0n) is 16.1. The van der Waals surface area contributed by atoms with Crippen molar-refractivity contribution in [2.24, 2.45) is 10.9 Å². The van der Waals surface area contributed by atoms with Gasteiger partial charge in [0, 0.05) is 45.9 Å². The number of hydrogen-bond acceptors (Lipinski definition) is 4. The van der Waals surface area contributed by atoms with E-state index in [1.54, 1.807) is 0 Å². The van der Waals surface area contributed by atoms with Crippen LogP contribution < -0.4 is 10.6 Å². The number of nitrogens with one attached hydrogen (secondary N) is 2. The summed E-state index contributed by atoms with van der Waals surface area (Å²) < 4.78 is 11.1. The van der Waals surface area contributed by atoms with Gasteiger partial charge in [-0.1, -0.05) is 13.8 Å². The molecule has 6 nitrogen and oxygen atoms in total. The first-order valence-electron chi connectivity index (χ1n) is 9.57. The summed E-state index contributed by atoms with van der Waals surface area (Å²) in [4.78, 5) is 6.94. The van der Waals surface area contributed by atoms with E-state index >= 15 is 0 Å². The van der Waals surface area contributed by atoms with Crippen LogP contribution in [0.15, 0.2) is 4.99 Å². The van der Waals surface area contributed by atoms with Gasteiger partial charge in [-0.25, -0.2) is 0 Å². The lowest BCUT2D eigenvalue weighted by Gasteiger charge is -2.27. The van der Waals surface area contributed by atoms with Crippen molar-refractivity contribution in [2.75, 3.05) is 53.0 Å². The Bertz CT molecular complexity index is 376. The molecule has 2 aliphatic rings. The van der Waals surface area contributed by atoms with Gasteiger partial charge in [0.25, 0.3) is 0 Å². The molecule has 0 aromatic carbocycles. The van der Waals surface area contributed by atoms with E-state index in [1.807, 2.05) is 7.05 Å². The maximum atomic E-state index is 5.78. The first-order valence-corrected chi connectivity index (χ1v) is 9.57. The van der Waals surface area contributed by atoms with Crippen LogP contribution in [0.4, 0.5) is 0 Å². The van der Waals surface area contributed by atoms with Crippen molar-refractivity contribution >= 4 is 29.9 Å². The summed E-state index contributed by atoms with van der Waals surface area (Å²) in [6.45, 7) is 11.3. The number of rotatable bonds is 9. The zero-order valence-corrected chi connectivity index (χ0v) is 18.5. The third-order valence-corrected chi connectivity index (χ3v) is 4.68. The summed E-state index contributed by atoms with van der Waals surface area (Å²) >= 11 is 0. The summed E-state index contributed by atoms with van der Waals surface area (Å²) in [5, 5.41) is 6.87. The Morgan fingerprint density at radius 2 is 2.16 bits per heavy atom. The van der Waals surface area contributed by atoms with E-state index in [0.29, 0.717) is 12.1 Å². The first kappa shape index (κ1) is 22.9. The molecule has 1 unspecified atom stereocenters. The van der Waals surface area contributed by atoms with Crippen molar-refractivity contribution in [3.8, 4) is 0 Å². The van der Waals surface area contributed by atoms with Gasteiger partial charge in [0.05, 0.1) is 12.7 Å². The minimum absolute atomic E-state index is 0. The molecule has 0 radical (unpaired) electrons. The molecule has 2 N–H and O–H groups in total. The van der Waals surface area contributed by atoms with Gasteiger partial charge in [-0.2, -0.15) is 0 Å². The number of halogens is 1. The normalized spacial score (nSPS) is 24.6. The number of guanidine groups is 1. The lowest BCUT2D eigenvalue weighted by Crippen LogP contribution is -2.45. The Morgan fingerprint density at radius 1 is 1.32 bits per heavy atom. The molecule has 0 amide bonds. The van der Waals surface area contributed by atoms with E-state index in [9.17, 15) is 0 Å². The molecule has 0 spiro atoms. The zero-order chi connectivity index (χ0) is 17.2. The van der Waals surface area contributed by atoms with Gasteiger partial charge in [-0.05, 0) is 38.1 Å². The molecule has 0 aliphatic carbocycles. The second-order valence-electron chi connectivity index (χ2n) is 7.27. The number of ether oxygens (including phenoxy) is 2. The molecule has 2 saturated heterocycles. The lowest BCUT2D eigenvalue weighted by molar-refractivity contribution is 0.0420. The Labute approximate surface area is 170 Å². The molecule has 2 atom stereocenters. The molecule has 0 bridgehead atoms. The number of aliphatic imine (C=N–C) groups is 1. The molecule has 25 heavy (non-hydrogen) atoms. The van der Waals surface area contributed by atoms with Crippen LogP contribution in [0.5, 0.6) is 0 Å². The van der Waals surface area contributed by atoms with E-state index in [-0.39, 0.29) is 24.0 Å². The van der Waals surface area contributed by atoms with Crippen molar-refractivity contribution < 1.29 is 9.47 Å². The van der Waals surface area contributed by atoms with E-state index in [2.05, 4.69) is 34.4 Å². The van der Waals surface area contributed by atoms with Gasteiger partial charge in [0.1, 0.15) is 0 Å². The fourth-order valence-electron chi connectivity index (χ4n) is 3.44. The van der Waals surface area contributed by atoms with E-state index < -0.39 is 0 Å². The lowest BCUT2D eigenvalue weighted by atomic mass is 10.1. The van der Waals surface area contributed by atoms with Crippen LogP contribution in [0.3, 0.4) is 0 Å². The van der Waals surface area contributed by atoms with E-state index in [4.69, 9.17) is 9.47 Å². The Morgan fingerprint density at radius 3 is 2.84 bits per heavy atom. The second kappa shape index (κ2) is 13.1. The van der Waals surface area contributed by atoms with Crippen molar-refractivity contribution in [2.45, 2.75) is 51.7 Å². The predicted octanol–water partition coefficient (Wildman–Crippen LogP) is 2.09. The first-order chi connectivity index (χ1) is 11.7. The molecule has 148 valence electrons. The second-order valence-corrected chi connectivity index (χ2v) is 7.27. The van der Waals surface area contributed by atoms with Crippen molar-refractivity contribution in [1.82, 2.24) is 15.5 Å². The van der Waals surface area contributed by atoms with Crippen LogP contribution in [0.2, 0.25) is 0 Å². The molecule has 2 fully saturated rings. The van der Waals surface area contributed by atoms with Crippen molar-refractivity contribution in [1.29, 1.82) is 0 Å². The highest BCUT2D eigenvalue weighted by Crippen LogP contribution is 2.17. The molecule has 0 aromatic rings. The highest BCUT2D eigenvalue weighted by Gasteiger charge is 2.24. The van der Waals surface area contributed by atoms with Crippen LogP contribution in [-0.4, -0.2) is 76.1 Å². The van der Waals surface area contributed by atoms with Gasteiger partial charge in [-0.15, -0.1) is 24.0 Å². The highest BCUT2D eigenvalue weighted by molar-refractivity contribution is 14.0. The fraction of sp³-hybridized carbons (Fsp3) is 0.944. The van der Waals surface area contributed by atoms with E-state index in [0.717, 1.165) is 57.6 Å². The Hall–Kier alpha value is -0.120. The average Bonchev–Trinajstić information content (AvgIpc) is 3.21. The SMILES string of the molecule is CN=C(NCCCOC1CCOC1)NC[C@H]1CCCN1CC(C)C.I. The highest BCUT2D eigenvalue weighted by atomic mass is 127. The molecule has 7 heteroatoms. The molecule has 2 heterocycles.